The number of hydrogen-bond acceptors (Lipinski definition) is 1. The van der Waals surface area contributed by atoms with Crippen molar-refractivity contribution in [3.05, 3.63) is 91.1 Å². The minimum absolute atomic E-state index is 1.01. The molecule has 3 heterocycles. The van der Waals surface area contributed by atoms with E-state index in [-0.39, 0.29) is 0 Å². The van der Waals surface area contributed by atoms with Gasteiger partial charge in [-0.1, -0.05) is 48.5 Å². The zero-order valence-corrected chi connectivity index (χ0v) is 14.0. The van der Waals surface area contributed by atoms with Crippen LogP contribution in [-0.2, 0) is 0 Å². The van der Waals surface area contributed by atoms with Crippen molar-refractivity contribution < 1.29 is 0 Å². The van der Waals surface area contributed by atoms with Gasteiger partial charge in [0.25, 0.3) is 0 Å². The van der Waals surface area contributed by atoms with Crippen molar-refractivity contribution >= 4 is 38.5 Å². The van der Waals surface area contributed by atoms with Crippen molar-refractivity contribution in [2.75, 3.05) is 0 Å². The zero-order chi connectivity index (χ0) is 17.1. The fourth-order valence-corrected chi connectivity index (χ4v) is 4.02. The summed E-state index contributed by atoms with van der Waals surface area (Å²) in [4.78, 5) is 4.95. The van der Waals surface area contributed by atoms with Crippen LogP contribution in [0.4, 0.5) is 0 Å². The molecule has 3 heteroatoms. The molecule has 0 bridgehead atoms. The molecule has 0 N–H and O–H groups in total. The highest BCUT2D eigenvalue weighted by molar-refractivity contribution is 6.16. The molecule has 0 atom stereocenters. The van der Waals surface area contributed by atoms with Crippen LogP contribution in [0.2, 0.25) is 0 Å². The molecule has 0 saturated heterocycles. The van der Waals surface area contributed by atoms with Crippen LogP contribution in [0.25, 0.3) is 44.2 Å². The van der Waals surface area contributed by atoms with Crippen LogP contribution in [0.1, 0.15) is 0 Å². The lowest BCUT2D eigenvalue weighted by Gasteiger charge is -2.07. The van der Waals surface area contributed by atoms with E-state index in [1.54, 1.807) is 0 Å². The van der Waals surface area contributed by atoms with Crippen molar-refractivity contribution in [1.29, 1.82) is 0 Å². The summed E-state index contributed by atoms with van der Waals surface area (Å²) in [5.41, 5.74) is 6.72. The quantitative estimate of drug-likeness (QED) is 0.385. The minimum atomic E-state index is 1.01. The number of rotatable bonds is 1. The summed E-state index contributed by atoms with van der Waals surface area (Å²) < 4.78 is 4.52. The van der Waals surface area contributed by atoms with Crippen LogP contribution in [0.5, 0.6) is 0 Å². The summed E-state index contributed by atoms with van der Waals surface area (Å²) in [6.45, 7) is 0. The predicted molar refractivity (Wildman–Crippen MR) is 107 cm³/mol. The second-order valence-electron chi connectivity index (χ2n) is 6.56. The van der Waals surface area contributed by atoms with Crippen molar-refractivity contribution in [2.24, 2.45) is 0 Å². The molecule has 0 fully saturated rings. The Morgan fingerprint density at radius 3 is 2.23 bits per heavy atom. The van der Waals surface area contributed by atoms with Gasteiger partial charge in [0.2, 0.25) is 0 Å². The van der Waals surface area contributed by atoms with Crippen molar-refractivity contribution in [3.8, 4) is 5.69 Å². The maximum atomic E-state index is 4.95. The number of pyridine rings is 1. The molecule has 0 aliphatic carbocycles. The molecule has 0 aliphatic heterocycles. The smallest absolute Gasteiger partial charge is 0.148 e. The highest BCUT2D eigenvalue weighted by atomic mass is 15.0. The first-order valence-corrected chi connectivity index (χ1v) is 8.76. The van der Waals surface area contributed by atoms with Gasteiger partial charge in [-0.2, -0.15) is 0 Å². The molecular weight excluding hydrogens is 318 g/mol. The van der Waals surface area contributed by atoms with E-state index < -0.39 is 0 Å². The predicted octanol–water partition coefficient (Wildman–Crippen LogP) is 5.58. The number of imidazole rings is 1. The molecule has 3 aromatic heterocycles. The van der Waals surface area contributed by atoms with E-state index in [1.807, 2.05) is 6.07 Å². The second-order valence-corrected chi connectivity index (χ2v) is 6.56. The van der Waals surface area contributed by atoms with Gasteiger partial charge in [0.1, 0.15) is 5.65 Å². The minimum Gasteiger partial charge on any atom is -0.309 e. The third-order valence-corrected chi connectivity index (χ3v) is 5.13. The van der Waals surface area contributed by atoms with Gasteiger partial charge in [0, 0.05) is 17.3 Å². The van der Waals surface area contributed by atoms with Gasteiger partial charge in [0.15, 0.2) is 0 Å². The molecule has 3 aromatic carbocycles. The fourth-order valence-electron chi connectivity index (χ4n) is 4.02. The standard InChI is InChI=1S/C23H15N3/c1-2-8-16(9-3-1)26-19-12-6-4-10-17(19)22-21(26)14-15-25-20-13-7-5-11-18(20)24-23(22)25/h1-15H. The van der Waals surface area contributed by atoms with Gasteiger partial charge in [-0.3, -0.25) is 4.40 Å². The van der Waals surface area contributed by atoms with Gasteiger partial charge in [-0.15, -0.1) is 0 Å². The molecule has 6 aromatic rings. The summed E-state index contributed by atoms with van der Waals surface area (Å²) in [6, 6.07) is 29.6. The fraction of sp³-hybridized carbons (Fsp3) is 0. The van der Waals surface area contributed by atoms with Gasteiger partial charge in [0.05, 0.1) is 27.5 Å². The van der Waals surface area contributed by atoms with Gasteiger partial charge < -0.3 is 4.57 Å². The largest absolute Gasteiger partial charge is 0.309 e. The Kier molecular flexibility index (Phi) is 2.61. The molecule has 0 aliphatic rings. The molecule has 0 amide bonds. The van der Waals surface area contributed by atoms with E-state index in [9.17, 15) is 0 Å². The van der Waals surface area contributed by atoms with E-state index in [1.165, 1.54) is 27.5 Å². The van der Waals surface area contributed by atoms with Gasteiger partial charge in [-0.05, 0) is 36.4 Å². The maximum Gasteiger partial charge on any atom is 0.148 e. The number of hydrogen-bond donors (Lipinski definition) is 0. The Labute approximate surface area is 149 Å². The van der Waals surface area contributed by atoms with E-state index in [0.717, 1.165) is 16.7 Å². The molecule has 0 spiro atoms. The van der Waals surface area contributed by atoms with Crippen molar-refractivity contribution in [1.82, 2.24) is 14.0 Å². The number of fused-ring (bicyclic) bond motifs is 7. The highest BCUT2D eigenvalue weighted by Gasteiger charge is 2.16. The Bertz CT molecular complexity index is 1420. The molecule has 3 nitrogen and oxygen atoms in total. The molecule has 122 valence electrons. The summed E-state index contributed by atoms with van der Waals surface area (Å²) in [7, 11) is 0. The van der Waals surface area contributed by atoms with Crippen LogP contribution < -0.4 is 0 Å². The Morgan fingerprint density at radius 1 is 0.615 bits per heavy atom. The summed E-state index contributed by atoms with van der Waals surface area (Å²) in [5.74, 6) is 0. The lowest BCUT2D eigenvalue weighted by molar-refractivity contribution is 1.17. The Morgan fingerprint density at radius 2 is 1.35 bits per heavy atom. The lowest BCUT2D eigenvalue weighted by Crippen LogP contribution is -1.93. The Hall–Kier alpha value is -3.59. The molecule has 26 heavy (non-hydrogen) atoms. The zero-order valence-electron chi connectivity index (χ0n) is 14.0. The molecule has 6 rings (SSSR count). The normalized spacial score (nSPS) is 11.8. The van der Waals surface area contributed by atoms with Gasteiger partial charge >= 0.3 is 0 Å². The first kappa shape index (κ1) is 13.7. The second kappa shape index (κ2) is 4.96. The SMILES string of the molecule is c1ccc(-n2c3ccccc3c3c2ccn2c4ccccc4nc32)cc1. The summed E-state index contributed by atoms with van der Waals surface area (Å²) in [5, 5.41) is 2.43. The molecule has 0 saturated carbocycles. The van der Waals surface area contributed by atoms with E-state index in [4.69, 9.17) is 4.98 Å². The molecule has 0 radical (unpaired) electrons. The topological polar surface area (TPSA) is 22.2 Å². The lowest BCUT2D eigenvalue weighted by atomic mass is 10.2. The van der Waals surface area contributed by atoms with Gasteiger partial charge in [-0.25, -0.2) is 4.98 Å². The van der Waals surface area contributed by atoms with Crippen LogP contribution in [0, 0.1) is 0 Å². The first-order chi connectivity index (χ1) is 12.9. The number of nitrogens with zero attached hydrogens (tertiary/aromatic N) is 3. The highest BCUT2D eigenvalue weighted by Crippen LogP contribution is 2.35. The van der Waals surface area contributed by atoms with E-state index in [2.05, 4.69) is 94.0 Å². The number of aromatic nitrogens is 3. The number of para-hydroxylation sites is 4. The average Bonchev–Trinajstić information content (AvgIpc) is 3.24. The maximum absolute atomic E-state index is 4.95. The molecule has 0 unspecified atom stereocenters. The summed E-state index contributed by atoms with van der Waals surface area (Å²) >= 11 is 0. The van der Waals surface area contributed by atoms with Crippen LogP contribution in [0.3, 0.4) is 0 Å². The van der Waals surface area contributed by atoms with Crippen LogP contribution >= 0.6 is 0 Å². The van der Waals surface area contributed by atoms with Crippen LogP contribution in [-0.4, -0.2) is 14.0 Å². The third-order valence-electron chi connectivity index (χ3n) is 5.13. The average molecular weight is 333 g/mol. The first-order valence-electron chi connectivity index (χ1n) is 8.76. The van der Waals surface area contributed by atoms with Crippen LogP contribution in [0.15, 0.2) is 91.1 Å². The van der Waals surface area contributed by atoms with E-state index in [0.29, 0.717) is 0 Å². The van der Waals surface area contributed by atoms with Crippen molar-refractivity contribution in [2.45, 2.75) is 0 Å². The molecular formula is C23H15N3. The number of benzene rings is 3. The third kappa shape index (κ3) is 1.69. The van der Waals surface area contributed by atoms with Crippen molar-refractivity contribution in [3.63, 3.8) is 0 Å². The Balaban J connectivity index is 1.89. The van der Waals surface area contributed by atoms with E-state index >= 15 is 0 Å². The summed E-state index contributed by atoms with van der Waals surface area (Å²) in [6.07, 6.45) is 2.13. The monoisotopic (exact) mass is 333 g/mol.